The minimum Gasteiger partial charge on any atom is -0.314 e. The largest absolute Gasteiger partial charge is 0.314 e. The van der Waals surface area contributed by atoms with Gasteiger partial charge in [0.25, 0.3) is 10.2 Å². The predicted molar refractivity (Wildman–Crippen MR) is 68.2 cm³/mol. The van der Waals surface area contributed by atoms with E-state index < -0.39 is 33.1 Å². The lowest BCUT2D eigenvalue weighted by Crippen LogP contribution is -2.64. The Morgan fingerprint density at radius 1 is 1.10 bits per heavy atom. The van der Waals surface area contributed by atoms with Gasteiger partial charge in [-0.15, -0.1) is 30.5 Å². The standard InChI is InChI=1S/C11H20N3O7/c1-10(2)5-8(6-20-13(16)17)9(7-21-14(18)19)11(3,4)12(10)15/h8-9H,5-7H2,1-4H3. The third-order valence-corrected chi connectivity index (χ3v) is 4.06. The van der Waals surface area contributed by atoms with E-state index in [-0.39, 0.29) is 13.2 Å². The van der Waals surface area contributed by atoms with E-state index in [0.717, 1.165) is 5.06 Å². The Morgan fingerprint density at radius 2 is 1.57 bits per heavy atom. The van der Waals surface area contributed by atoms with Crippen LogP contribution in [0.1, 0.15) is 34.1 Å². The topological polar surface area (TPSA) is 128 Å². The third kappa shape index (κ3) is 3.91. The molecule has 0 N–H and O–H groups in total. The first-order valence-corrected chi connectivity index (χ1v) is 6.50. The third-order valence-electron chi connectivity index (χ3n) is 4.06. The summed E-state index contributed by atoms with van der Waals surface area (Å²) in [4.78, 5) is 29.6. The maximum Gasteiger partial charge on any atom is 0.294 e. The normalized spacial score (nSPS) is 27.9. The highest BCUT2D eigenvalue weighted by Gasteiger charge is 2.53. The number of piperidine rings is 1. The average molecular weight is 306 g/mol. The quantitative estimate of drug-likeness (QED) is 0.533. The van der Waals surface area contributed by atoms with Crippen molar-refractivity contribution in [2.75, 3.05) is 13.2 Å². The average Bonchev–Trinajstić information content (AvgIpc) is 2.32. The zero-order valence-corrected chi connectivity index (χ0v) is 12.5. The molecule has 0 spiro atoms. The van der Waals surface area contributed by atoms with Crippen LogP contribution in [0.4, 0.5) is 0 Å². The van der Waals surface area contributed by atoms with Gasteiger partial charge in [-0.3, -0.25) is 0 Å². The van der Waals surface area contributed by atoms with E-state index >= 15 is 0 Å². The summed E-state index contributed by atoms with van der Waals surface area (Å²) in [6.07, 6.45) is 0.319. The van der Waals surface area contributed by atoms with E-state index in [1.165, 1.54) is 0 Å². The minimum absolute atomic E-state index is 0.223. The predicted octanol–water partition coefficient (Wildman–Crippen LogP) is 1.24. The smallest absolute Gasteiger partial charge is 0.294 e. The Labute approximate surface area is 121 Å². The molecule has 1 saturated heterocycles. The van der Waals surface area contributed by atoms with Gasteiger partial charge in [0.05, 0.1) is 6.61 Å². The molecule has 0 aromatic heterocycles. The van der Waals surface area contributed by atoms with E-state index in [0.29, 0.717) is 6.42 Å². The molecule has 2 atom stereocenters. The van der Waals surface area contributed by atoms with Gasteiger partial charge >= 0.3 is 0 Å². The van der Waals surface area contributed by atoms with Crippen LogP contribution in [0.2, 0.25) is 0 Å². The van der Waals surface area contributed by atoms with Gasteiger partial charge in [-0.05, 0) is 40.0 Å². The lowest BCUT2D eigenvalue weighted by molar-refractivity contribution is -0.764. The van der Waals surface area contributed by atoms with Crippen molar-refractivity contribution in [3.05, 3.63) is 20.2 Å². The highest BCUT2D eigenvalue weighted by molar-refractivity contribution is 5.01. The summed E-state index contributed by atoms with van der Waals surface area (Å²) < 4.78 is 0. The van der Waals surface area contributed by atoms with Gasteiger partial charge in [0, 0.05) is 17.0 Å². The molecule has 10 heteroatoms. The first-order chi connectivity index (χ1) is 9.48. The lowest BCUT2D eigenvalue weighted by atomic mass is 9.68. The molecule has 21 heavy (non-hydrogen) atoms. The van der Waals surface area contributed by atoms with Gasteiger partial charge in [0.1, 0.15) is 6.61 Å². The molecule has 0 amide bonds. The van der Waals surface area contributed by atoms with Crippen LogP contribution in [-0.4, -0.2) is 39.5 Å². The van der Waals surface area contributed by atoms with Crippen molar-refractivity contribution in [3.63, 3.8) is 0 Å². The summed E-state index contributed by atoms with van der Waals surface area (Å²) in [6, 6.07) is 0. The lowest BCUT2D eigenvalue weighted by Gasteiger charge is -2.54. The van der Waals surface area contributed by atoms with Gasteiger partial charge in [0.2, 0.25) is 0 Å². The maximum atomic E-state index is 12.4. The summed E-state index contributed by atoms with van der Waals surface area (Å²) in [5, 5.41) is 32.2. The van der Waals surface area contributed by atoms with E-state index in [9.17, 15) is 25.4 Å². The Bertz CT molecular complexity index is 413. The zero-order valence-electron chi connectivity index (χ0n) is 12.5. The molecule has 1 fully saturated rings. The molecule has 2 unspecified atom stereocenters. The fourth-order valence-electron chi connectivity index (χ4n) is 3.19. The highest BCUT2D eigenvalue weighted by Crippen LogP contribution is 2.44. The molecule has 121 valence electrons. The van der Waals surface area contributed by atoms with Gasteiger partial charge in [0.15, 0.2) is 0 Å². The van der Waals surface area contributed by atoms with E-state index in [1.54, 1.807) is 27.7 Å². The van der Waals surface area contributed by atoms with E-state index in [4.69, 9.17) is 0 Å². The van der Waals surface area contributed by atoms with Crippen LogP contribution in [0.5, 0.6) is 0 Å². The van der Waals surface area contributed by atoms with Crippen molar-refractivity contribution < 1.29 is 25.1 Å². The molecule has 0 aromatic carbocycles. The van der Waals surface area contributed by atoms with Crippen LogP contribution >= 0.6 is 0 Å². The number of hydroxylamine groups is 2. The Morgan fingerprint density at radius 3 is 2.05 bits per heavy atom. The molecule has 0 aromatic rings. The summed E-state index contributed by atoms with van der Waals surface area (Å²) in [6.45, 7) is 6.22. The minimum atomic E-state index is -0.970. The highest BCUT2D eigenvalue weighted by atomic mass is 17.0. The van der Waals surface area contributed by atoms with E-state index in [1.807, 2.05) is 0 Å². The van der Waals surface area contributed by atoms with Crippen molar-refractivity contribution in [2.24, 2.45) is 11.8 Å². The SMILES string of the molecule is CC1(C)CC(CO[N+](=O)[O-])C(CO[N+](=O)[O-])C(C)(C)N1[O]. The number of rotatable bonds is 6. The van der Waals surface area contributed by atoms with Crippen LogP contribution in [-0.2, 0) is 14.9 Å². The number of hydrogen-bond donors (Lipinski definition) is 0. The summed E-state index contributed by atoms with van der Waals surface area (Å²) in [7, 11) is 0. The summed E-state index contributed by atoms with van der Waals surface area (Å²) in [5.74, 6) is -0.959. The Kier molecular flexibility index (Phi) is 4.95. The molecule has 1 rings (SSSR count). The Balaban J connectivity index is 2.97. The van der Waals surface area contributed by atoms with E-state index in [2.05, 4.69) is 9.68 Å². The van der Waals surface area contributed by atoms with Gasteiger partial charge < -0.3 is 9.68 Å². The second-order valence-electron chi connectivity index (χ2n) is 6.37. The second-order valence-corrected chi connectivity index (χ2v) is 6.37. The molecule has 1 heterocycles. The van der Waals surface area contributed by atoms with Crippen molar-refractivity contribution in [1.29, 1.82) is 0 Å². The summed E-state index contributed by atoms with van der Waals surface area (Å²) >= 11 is 0. The van der Waals surface area contributed by atoms with Crippen molar-refractivity contribution in [1.82, 2.24) is 5.06 Å². The molecule has 0 bridgehead atoms. The molecule has 10 nitrogen and oxygen atoms in total. The van der Waals surface area contributed by atoms with Crippen LogP contribution < -0.4 is 0 Å². The molecule has 1 aliphatic heterocycles. The molecular weight excluding hydrogens is 286 g/mol. The van der Waals surface area contributed by atoms with Crippen LogP contribution in [0.3, 0.4) is 0 Å². The fraction of sp³-hybridized carbons (Fsp3) is 1.00. The first-order valence-electron chi connectivity index (χ1n) is 6.50. The summed E-state index contributed by atoms with van der Waals surface area (Å²) in [5.41, 5.74) is -1.72. The van der Waals surface area contributed by atoms with Gasteiger partial charge in [-0.2, -0.15) is 0 Å². The van der Waals surface area contributed by atoms with Crippen molar-refractivity contribution in [2.45, 2.75) is 45.2 Å². The molecule has 1 aliphatic rings. The maximum absolute atomic E-state index is 12.4. The number of hydrogen-bond acceptors (Lipinski definition) is 7. The molecule has 0 aliphatic carbocycles. The van der Waals surface area contributed by atoms with Crippen LogP contribution in [0, 0.1) is 32.1 Å². The second kappa shape index (κ2) is 5.98. The first kappa shape index (κ1) is 17.4. The van der Waals surface area contributed by atoms with Gasteiger partial charge in [-0.25, -0.2) is 0 Å². The molecular formula is C11H20N3O7. The van der Waals surface area contributed by atoms with Gasteiger partial charge in [-0.1, -0.05) is 0 Å². The molecule has 0 saturated carbocycles. The zero-order chi connectivity index (χ0) is 16.4. The van der Waals surface area contributed by atoms with Crippen LogP contribution in [0.25, 0.3) is 0 Å². The fourth-order valence-corrected chi connectivity index (χ4v) is 3.19. The Hall–Kier alpha value is -1.68. The monoisotopic (exact) mass is 306 g/mol. The van der Waals surface area contributed by atoms with Crippen molar-refractivity contribution >= 4 is 0 Å². The van der Waals surface area contributed by atoms with Crippen molar-refractivity contribution in [3.8, 4) is 0 Å². The van der Waals surface area contributed by atoms with Crippen LogP contribution in [0.15, 0.2) is 0 Å². The number of nitrogens with zero attached hydrogens (tertiary/aromatic N) is 3. The molecule has 1 radical (unpaired) electrons.